The summed E-state index contributed by atoms with van der Waals surface area (Å²) in [5.41, 5.74) is 0.235. The van der Waals surface area contributed by atoms with E-state index in [1.807, 2.05) is 0 Å². The van der Waals surface area contributed by atoms with Crippen molar-refractivity contribution in [1.82, 2.24) is 0 Å². The zero-order valence-corrected chi connectivity index (χ0v) is 12.0. The first-order valence-corrected chi connectivity index (χ1v) is 6.89. The molecular weight excluding hydrogens is 283 g/mol. The molecule has 0 heterocycles. The highest BCUT2D eigenvalue weighted by molar-refractivity contribution is 6.32. The minimum absolute atomic E-state index is 0.0205. The van der Waals surface area contributed by atoms with Gasteiger partial charge in [0.25, 0.3) is 0 Å². The Morgan fingerprint density at radius 2 is 2.15 bits per heavy atom. The van der Waals surface area contributed by atoms with Gasteiger partial charge in [0.05, 0.1) is 11.7 Å². The topological polar surface area (TPSA) is 54.4 Å². The molecule has 0 bridgehead atoms. The van der Waals surface area contributed by atoms with Gasteiger partial charge in [-0.3, -0.25) is 9.18 Å². The molecule has 0 aliphatic heterocycles. The lowest BCUT2D eigenvalue weighted by atomic mass is 9.76. The third-order valence-electron chi connectivity index (χ3n) is 3.96. The van der Waals surface area contributed by atoms with E-state index in [4.69, 9.17) is 11.6 Å². The fraction of sp³-hybridized carbons (Fsp3) is 0.467. The van der Waals surface area contributed by atoms with Gasteiger partial charge in [0.1, 0.15) is 11.5 Å². The van der Waals surface area contributed by atoms with E-state index in [1.165, 1.54) is 19.1 Å². The number of phenols is 1. The van der Waals surface area contributed by atoms with Crippen molar-refractivity contribution in [3.05, 3.63) is 28.3 Å². The lowest BCUT2D eigenvalue weighted by molar-refractivity contribution is -0.117. The molecule has 0 fully saturated rings. The van der Waals surface area contributed by atoms with Crippen molar-refractivity contribution >= 4 is 23.2 Å². The second kappa shape index (κ2) is 5.52. The lowest BCUT2D eigenvalue weighted by Gasteiger charge is -2.25. The van der Waals surface area contributed by atoms with Crippen LogP contribution < -0.4 is 0 Å². The largest absolute Gasteiger partial charge is 0.506 e. The quantitative estimate of drug-likeness (QED) is 0.905. The Kier molecular flexibility index (Phi) is 4.14. The van der Waals surface area contributed by atoms with E-state index in [-0.39, 0.29) is 35.2 Å². The minimum Gasteiger partial charge on any atom is -0.506 e. The zero-order chi connectivity index (χ0) is 14.9. The number of aromatic hydroxyl groups is 1. The molecule has 1 atom stereocenters. The number of rotatable bonds is 5. The number of phenolic OH excluding ortho intramolecular Hbond substituents is 1. The van der Waals surface area contributed by atoms with Gasteiger partial charge in [0.15, 0.2) is 5.78 Å². The summed E-state index contributed by atoms with van der Waals surface area (Å²) in [5, 5.41) is 9.73. The molecule has 1 aliphatic carbocycles. The minimum atomic E-state index is -0.875. The lowest BCUT2D eigenvalue weighted by Crippen LogP contribution is -2.29. The van der Waals surface area contributed by atoms with Gasteiger partial charge in [0, 0.05) is 17.4 Å². The SMILES string of the molecule is CC(=O)CCC1(CCF)Cc2cc(O)c(Cl)cc2C1=O. The molecule has 0 spiro atoms. The van der Waals surface area contributed by atoms with Crippen LogP contribution in [-0.2, 0) is 11.2 Å². The first-order chi connectivity index (χ1) is 9.39. The van der Waals surface area contributed by atoms with E-state index < -0.39 is 12.1 Å². The van der Waals surface area contributed by atoms with Crippen LogP contribution in [-0.4, -0.2) is 23.3 Å². The number of alkyl halides is 1. The van der Waals surface area contributed by atoms with Gasteiger partial charge < -0.3 is 9.90 Å². The number of hydrogen-bond acceptors (Lipinski definition) is 3. The monoisotopic (exact) mass is 298 g/mol. The number of ketones is 2. The number of hydrogen-bond donors (Lipinski definition) is 1. The second-order valence-corrected chi connectivity index (χ2v) is 5.80. The summed E-state index contributed by atoms with van der Waals surface area (Å²) in [6.07, 6.45) is 1.02. The summed E-state index contributed by atoms with van der Waals surface area (Å²) in [5.74, 6) is -0.276. The molecule has 1 aliphatic rings. The van der Waals surface area contributed by atoms with Gasteiger partial charge in [-0.05, 0) is 43.9 Å². The Labute approximate surface area is 121 Å². The molecule has 108 valence electrons. The molecule has 0 radical (unpaired) electrons. The van der Waals surface area contributed by atoms with E-state index in [2.05, 4.69) is 0 Å². The van der Waals surface area contributed by atoms with Gasteiger partial charge in [-0.15, -0.1) is 0 Å². The predicted molar refractivity (Wildman–Crippen MR) is 74.1 cm³/mol. The predicted octanol–water partition coefficient (Wildman–Crippen LogP) is 3.50. The zero-order valence-electron chi connectivity index (χ0n) is 11.2. The average Bonchev–Trinajstić information content (AvgIpc) is 2.63. The van der Waals surface area contributed by atoms with Crippen molar-refractivity contribution in [3.8, 4) is 5.75 Å². The van der Waals surface area contributed by atoms with Crippen LogP contribution >= 0.6 is 11.6 Å². The maximum atomic E-state index is 12.9. The van der Waals surface area contributed by atoms with Crippen molar-refractivity contribution in [1.29, 1.82) is 0 Å². The van der Waals surface area contributed by atoms with Gasteiger partial charge >= 0.3 is 0 Å². The Bertz CT molecular complexity index is 570. The Morgan fingerprint density at radius 3 is 2.75 bits per heavy atom. The summed E-state index contributed by atoms with van der Waals surface area (Å²) >= 11 is 5.82. The van der Waals surface area contributed by atoms with Crippen LogP contribution in [0.1, 0.15) is 42.1 Å². The molecule has 20 heavy (non-hydrogen) atoms. The Morgan fingerprint density at radius 1 is 1.45 bits per heavy atom. The average molecular weight is 299 g/mol. The van der Waals surface area contributed by atoms with Gasteiger partial charge in [-0.25, -0.2) is 0 Å². The molecule has 0 saturated heterocycles. The normalized spacial score (nSPS) is 21.1. The molecule has 0 saturated carbocycles. The van der Waals surface area contributed by atoms with Crippen LogP contribution in [0.2, 0.25) is 5.02 Å². The van der Waals surface area contributed by atoms with E-state index >= 15 is 0 Å². The van der Waals surface area contributed by atoms with Crippen molar-refractivity contribution in [2.24, 2.45) is 5.41 Å². The fourth-order valence-corrected chi connectivity index (χ4v) is 2.98. The van der Waals surface area contributed by atoms with Gasteiger partial charge in [-0.2, -0.15) is 0 Å². The number of halogens is 2. The highest BCUT2D eigenvalue weighted by Gasteiger charge is 2.45. The van der Waals surface area contributed by atoms with Crippen LogP contribution in [0.15, 0.2) is 12.1 Å². The Balaban J connectivity index is 2.37. The van der Waals surface area contributed by atoms with E-state index in [1.54, 1.807) is 0 Å². The number of fused-ring (bicyclic) bond motifs is 1. The number of carbonyl (C=O) groups excluding carboxylic acids is 2. The third-order valence-corrected chi connectivity index (χ3v) is 4.26. The third kappa shape index (κ3) is 2.57. The molecular formula is C15H16ClFO3. The first-order valence-electron chi connectivity index (χ1n) is 6.51. The molecule has 1 aromatic rings. The standard InChI is InChI=1S/C15H16ClFO3/c1-9(18)2-3-15(4-5-17)8-10-6-13(19)12(16)7-11(10)14(15)20/h6-7,19H,2-5,8H2,1H3. The molecule has 1 N–H and O–H groups in total. The summed E-state index contributed by atoms with van der Waals surface area (Å²) in [6, 6.07) is 2.89. The highest BCUT2D eigenvalue weighted by Crippen LogP contribution is 2.45. The Hall–Kier alpha value is -1.42. The van der Waals surface area contributed by atoms with E-state index in [0.29, 0.717) is 24.0 Å². The van der Waals surface area contributed by atoms with Crippen molar-refractivity contribution < 1.29 is 19.1 Å². The van der Waals surface area contributed by atoms with E-state index in [0.717, 1.165) is 0 Å². The van der Waals surface area contributed by atoms with Crippen molar-refractivity contribution in [3.63, 3.8) is 0 Å². The van der Waals surface area contributed by atoms with Crippen LogP contribution in [0.3, 0.4) is 0 Å². The molecule has 2 rings (SSSR count). The molecule has 5 heteroatoms. The number of benzene rings is 1. The van der Waals surface area contributed by atoms with E-state index in [9.17, 15) is 19.1 Å². The van der Waals surface area contributed by atoms with Crippen molar-refractivity contribution in [2.45, 2.75) is 32.6 Å². The molecule has 1 unspecified atom stereocenters. The van der Waals surface area contributed by atoms with Crippen LogP contribution in [0.5, 0.6) is 5.75 Å². The maximum absolute atomic E-state index is 12.9. The number of Topliss-reactive ketones (excluding diaryl/α,β-unsaturated/α-hetero) is 2. The molecule has 3 nitrogen and oxygen atoms in total. The van der Waals surface area contributed by atoms with Crippen LogP contribution in [0.25, 0.3) is 0 Å². The fourth-order valence-electron chi connectivity index (χ4n) is 2.82. The number of carbonyl (C=O) groups is 2. The highest BCUT2D eigenvalue weighted by atomic mass is 35.5. The molecule has 0 amide bonds. The molecule has 0 aromatic heterocycles. The maximum Gasteiger partial charge on any atom is 0.169 e. The first kappa shape index (κ1) is 15.0. The van der Waals surface area contributed by atoms with Crippen LogP contribution in [0.4, 0.5) is 4.39 Å². The summed E-state index contributed by atoms with van der Waals surface area (Å²) in [6.45, 7) is 0.843. The summed E-state index contributed by atoms with van der Waals surface area (Å²) < 4.78 is 12.9. The van der Waals surface area contributed by atoms with Crippen molar-refractivity contribution in [2.75, 3.05) is 6.67 Å². The van der Waals surface area contributed by atoms with Gasteiger partial charge in [-0.1, -0.05) is 11.6 Å². The smallest absolute Gasteiger partial charge is 0.169 e. The summed E-state index contributed by atoms with van der Waals surface area (Å²) in [4.78, 5) is 23.7. The molecule has 1 aromatic carbocycles. The second-order valence-electron chi connectivity index (χ2n) is 5.39. The summed E-state index contributed by atoms with van der Waals surface area (Å²) in [7, 11) is 0. The van der Waals surface area contributed by atoms with Gasteiger partial charge in [0.2, 0.25) is 0 Å². The van der Waals surface area contributed by atoms with Crippen LogP contribution in [0, 0.1) is 5.41 Å².